The van der Waals surface area contributed by atoms with Gasteiger partial charge in [0, 0.05) is 18.9 Å². The monoisotopic (exact) mass is 419 g/mol. The molecule has 0 aliphatic heterocycles. The Morgan fingerprint density at radius 1 is 1.07 bits per heavy atom. The van der Waals surface area contributed by atoms with E-state index in [4.69, 9.17) is 14.2 Å². The zero-order valence-electron chi connectivity index (χ0n) is 16.3. The number of amides is 1. The first-order chi connectivity index (χ1) is 14.0. The van der Waals surface area contributed by atoms with E-state index in [2.05, 4.69) is 5.32 Å². The van der Waals surface area contributed by atoms with Crippen molar-refractivity contribution in [1.29, 1.82) is 0 Å². The van der Waals surface area contributed by atoms with Gasteiger partial charge in [0.05, 0.1) is 32.9 Å². The van der Waals surface area contributed by atoms with Crippen molar-refractivity contribution >= 4 is 33.1 Å². The fourth-order valence-electron chi connectivity index (χ4n) is 2.92. The Hall–Kier alpha value is -3.11. The number of rotatable bonds is 8. The lowest BCUT2D eigenvalue weighted by Gasteiger charge is -2.13. The number of thiophene rings is 1. The van der Waals surface area contributed by atoms with Gasteiger partial charge in [-0.1, -0.05) is 0 Å². The highest BCUT2D eigenvalue weighted by molar-refractivity contribution is 7.17. The van der Waals surface area contributed by atoms with Crippen LogP contribution in [0.25, 0.3) is 10.2 Å². The molecule has 1 N–H and O–H groups in total. The van der Waals surface area contributed by atoms with Crippen molar-refractivity contribution in [2.45, 2.75) is 13.1 Å². The maximum Gasteiger partial charge on any atom is 0.332 e. The van der Waals surface area contributed by atoms with E-state index in [9.17, 15) is 14.4 Å². The highest BCUT2D eigenvalue weighted by atomic mass is 32.1. The molecule has 0 fully saturated rings. The number of anilines is 1. The Morgan fingerprint density at radius 3 is 2.52 bits per heavy atom. The fraction of sp³-hybridized carbons (Fsp3) is 0.316. The van der Waals surface area contributed by atoms with Gasteiger partial charge < -0.3 is 19.5 Å². The van der Waals surface area contributed by atoms with Gasteiger partial charge in [-0.3, -0.25) is 18.7 Å². The molecule has 29 heavy (non-hydrogen) atoms. The predicted molar refractivity (Wildman–Crippen MR) is 110 cm³/mol. The van der Waals surface area contributed by atoms with Gasteiger partial charge in [-0.2, -0.15) is 0 Å². The molecule has 0 saturated heterocycles. The van der Waals surface area contributed by atoms with Crippen molar-refractivity contribution in [1.82, 2.24) is 9.13 Å². The van der Waals surface area contributed by atoms with Gasteiger partial charge in [0.1, 0.15) is 11.2 Å². The summed E-state index contributed by atoms with van der Waals surface area (Å²) in [5.41, 5.74) is -0.00916. The van der Waals surface area contributed by atoms with E-state index in [1.165, 1.54) is 37.2 Å². The quantitative estimate of drug-likeness (QED) is 0.594. The molecule has 0 radical (unpaired) electrons. The molecule has 1 aromatic carbocycles. The Balaban J connectivity index is 1.91. The summed E-state index contributed by atoms with van der Waals surface area (Å²) >= 11 is 1.23. The molecule has 2 heterocycles. The lowest BCUT2D eigenvalue weighted by atomic mass is 10.2. The minimum atomic E-state index is -0.555. The van der Waals surface area contributed by atoms with Gasteiger partial charge in [0.2, 0.25) is 5.91 Å². The SMILES string of the molecule is COCCn1c(=O)c2sccc2n(CC(=O)Nc2ccc(OC)c(OC)c2)c1=O. The predicted octanol–water partition coefficient (Wildman–Crippen LogP) is 1.53. The van der Waals surface area contributed by atoms with Gasteiger partial charge in [0.15, 0.2) is 11.5 Å². The number of hydrogen-bond acceptors (Lipinski definition) is 7. The minimum Gasteiger partial charge on any atom is -0.493 e. The average molecular weight is 419 g/mol. The number of hydrogen-bond donors (Lipinski definition) is 1. The number of nitrogens with zero attached hydrogens (tertiary/aromatic N) is 2. The van der Waals surface area contributed by atoms with Gasteiger partial charge in [-0.25, -0.2) is 4.79 Å². The van der Waals surface area contributed by atoms with E-state index >= 15 is 0 Å². The number of methoxy groups -OCH3 is 3. The molecule has 0 aliphatic rings. The molecule has 9 nitrogen and oxygen atoms in total. The smallest absolute Gasteiger partial charge is 0.332 e. The van der Waals surface area contributed by atoms with E-state index in [0.29, 0.717) is 27.4 Å². The topological polar surface area (TPSA) is 101 Å². The third kappa shape index (κ3) is 4.17. The van der Waals surface area contributed by atoms with E-state index in [1.54, 1.807) is 29.6 Å². The first-order valence-electron chi connectivity index (χ1n) is 8.71. The number of carbonyl (C=O) groups excluding carboxylic acids is 1. The minimum absolute atomic E-state index is 0.110. The molecule has 0 saturated carbocycles. The van der Waals surface area contributed by atoms with Crippen LogP contribution >= 0.6 is 11.3 Å². The molecular formula is C19H21N3O6S. The lowest BCUT2D eigenvalue weighted by Crippen LogP contribution is -2.42. The molecule has 3 rings (SSSR count). The summed E-state index contributed by atoms with van der Waals surface area (Å²) < 4.78 is 18.2. The van der Waals surface area contributed by atoms with Gasteiger partial charge in [0.25, 0.3) is 5.56 Å². The molecule has 0 bridgehead atoms. The van der Waals surface area contributed by atoms with E-state index < -0.39 is 11.6 Å². The molecule has 1 amide bonds. The maximum atomic E-state index is 12.8. The van der Waals surface area contributed by atoms with Crippen LogP contribution in [-0.4, -0.2) is 43.0 Å². The van der Waals surface area contributed by atoms with Gasteiger partial charge in [-0.15, -0.1) is 11.3 Å². The summed E-state index contributed by atoms with van der Waals surface area (Å²) in [4.78, 5) is 38.0. The number of ether oxygens (including phenoxy) is 3. The van der Waals surface area contributed by atoms with E-state index in [1.807, 2.05) is 0 Å². The number of aromatic nitrogens is 2. The van der Waals surface area contributed by atoms with Crippen molar-refractivity contribution in [2.75, 3.05) is 33.3 Å². The molecule has 2 aromatic heterocycles. The molecular weight excluding hydrogens is 398 g/mol. The third-order valence-electron chi connectivity index (χ3n) is 4.32. The van der Waals surface area contributed by atoms with Crippen LogP contribution in [0.3, 0.4) is 0 Å². The Bertz CT molecular complexity index is 1150. The molecule has 0 spiro atoms. The van der Waals surface area contributed by atoms with Crippen molar-refractivity contribution in [2.24, 2.45) is 0 Å². The summed E-state index contributed by atoms with van der Waals surface area (Å²) in [7, 11) is 4.51. The van der Waals surface area contributed by atoms with Crippen molar-refractivity contribution in [3.8, 4) is 11.5 Å². The average Bonchev–Trinajstić information content (AvgIpc) is 3.21. The molecule has 0 unspecified atom stereocenters. The zero-order valence-corrected chi connectivity index (χ0v) is 17.1. The Kier molecular flexibility index (Phi) is 6.35. The summed E-state index contributed by atoms with van der Waals surface area (Å²) in [5, 5.41) is 4.45. The van der Waals surface area contributed by atoms with Gasteiger partial charge >= 0.3 is 5.69 Å². The second kappa shape index (κ2) is 8.93. The normalized spacial score (nSPS) is 10.9. The van der Waals surface area contributed by atoms with Crippen LogP contribution in [0.4, 0.5) is 5.69 Å². The second-order valence-electron chi connectivity index (χ2n) is 6.07. The van der Waals surface area contributed by atoms with Crippen LogP contribution in [0.5, 0.6) is 11.5 Å². The standard InChI is InChI=1S/C19H21N3O6S/c1-26-8-7-21-18(24)17-13(6-9-29-17)22(19(21)25)11-16(23)20-12-4-5-14(27-2)15(10-12)28-3/h4-6,9-10H,7-8,11H2,1-3H3,(H,20,23). The third-order valence-corrected chi connectivity index (χ3v) is 5.22. The summed E-state index contributed by atoms with van der Waals surface area (Å²) in [6.45, 7) is 0.0802. The molecule has 0 atom stereocenters. The lowest BCUT2D eigenvalue weighted by molar-refractivity contribution is -0.116. The number of nitrogens with one attached hydrogen (secondary N) is 1. The van der Waals surface area contributed by atoms with Gasteiger partial charge in [-0.05, 0) is 23.6 Å². The van der Waals surface area contributed by atoms with Crippen LogP contribution in [0.2, 0.25) is 0 Å². The number of fused-ring (bicyclic) bond motifs is 1. The highest BCUT2D eigenvalue weighted by Crippen LogP contribution is 2.29. The molecule has 3 aromatic rings. The highest BCUT2D eigenvalue weighted by Gasteiger charge is 2.17. The van der Waals surface area contributed by atoms with Crippen molar-refractivity contribution in [3.63, 3.8) is 0 Å². The largest absolute Gasteiger partial charge is 0.493 e. The van der Waals surface area contributed by atoms with Crippen molar-refractivity contribution < 1.29 is 19.0 Å². The fourth-order valence-corrected chi connectivity index (χ4v) is 3.77. The number of carbonyl (C=O) groups is 1. The van der Waals surface area contributed by atoms with E-state index in [-0.39, 0.29) is 25.3 Å². The Morgan fingerprint density at radius 2 is 1.83 bits per heavy atom. The summed E-state index contributed by atoms with van der Waals surface area (Å²) in [6, 6.07) is 6.62. The van der Waals surface area contributed by atoms with Crippen LogP contribution in [0.15, 0.2) is 39.2 Å². The zero-order chi connectivity index (χ0) is 21.0. The summed E-state index contributed by atoms with van der Waals surface area (Å²) in [6.07, 6.45) is 0. The van der Waals surface area contributed by atoms with Crippen LogP contribution in [-0.2, 0) is 22.6 Å². The second-order valence-corrected chi connectivity index (χ2v) is 6.99. The van der Waals surface area contributed by atoms with E-state index in [0.717, 1.165) is 4.57 Å². The Labute approximate surface area is 170 Å². The molecule has 0 aliphatic carbocycles. The number of benzene rings is 1. The van der Waals surface area contributed by atoms with Crippen LogP contribution in [0.1, 0.15) is 0 Å². The van der Waals surface area contributed by atoms with Crippen LogP contribution in [0, 0.1) is 0 Å². The first kappa shape index (κ1) is 20.6. The van der Waals surface area contributed by atoms with Crippen LogP contribution < -0.4 is 26.0 Å². The first-order valence-corrected chi connectivity index (χ1v) is 9.59. The molecule has 10 heteroatoms. The summed E-state index contributed by atoms with van der Waals surface area (Å²) in [5.74, 6) is 0.589. The molecule has 154 valence electrons. The van der Waals surface area contributed by atoms with Crippen molar-refractivity contribution in [3.05, 3.63) is 50.5 Å². The maximum absolute atomic E-state index is 12.8.